The molecule has 30 heavy (non-hydrogen) atoms. The number of rotatable bonds is 6. The van der Waals surface area contributed by atoms with E-state index in [-0.39, 0.29) is 18.7 Å². The van der Waals surface area contributed by atoms with Crippen molar-refractivity contribution in [1.29, 1.82) is 0 Å². The van der Waals surface area contributed by atoms with E-state index in [1.807, 2.05) is 0 Å². The Kier molecular flexibility index (Phi) is 7.06. The summed E-state index contributed by atoms with van der Waals surface area (Å²) in [5, 5.41) is 16.0. The minimum atomic E-state index is -1.86. The summed E-state index contributed by atoms with van der Waals surface area (Å²) in [6.07, 6.45) is 1.73. The minimum Gasteiger partial charge on any atom is -0.380 e. The second-order valence-electron chi connectivity index (χ2n) is 6.50. The van der Waals surface area contributed by atoms with Gasteiger partial charge in [-0.05, 0) is 25.1 Å². The molecule has 0 fully saturated rings. The SMILES string of the molecule is C[C@@H](OCC#Cc1cccc(Cl)c1Cl)[C@](O)(Cn1cncn1)c1ccc(F)cc1F. The van der Waals surface area contributed by atoms with Crippen LogP contribution >= 0.6 is 23.2 Å². The fourth-order valence-electron chi connectivity index (χ4n) is 2.87. The molecule has 5 nitrogen and oxygen atoms in total. The van der Waals surface area contributed by atoms with Gasteiger partial charge < -0.3 is 9.84 Å². The van der Waals surface area contributed by atoms with Crippen molar-refractivity contribution in [2.75, 3.05) is 6.61 Å². The third kappa shape index (κ3) is 4.97. The van der Waals surface area contributed by atoms with Gasteiger partial charge in [0, 0.05) is 17.2 Å². The van der Waals surface area contributed by atoms with E-state index in [4.69, 9.17) is 27.9 Å². The maximum Gasteiger partial charge on any atom is 0.138 e. The normalized spacial score (nSPS) is 13.9. The first-order valence-electron chi connectivity index (χ1n) is 8.86. The number of halogens is 4. The van der Waals surface area contributed by atoms with Crippen molar-refractivity contribution >= 4 is 23.2 Å². The van der Waals surface area contributed by atoms with E-state index in [2.05, 4.69) is 21.9 Å². The van der Waals surface area contributed by atoms with Crippen LogP contribution in [0.4, 0.5) is 8.78 Å². The van der Waals surface area contributed by atoms with Crippen LogP contribution in [0.5, 0.6) is 0 Å². The lowest BCUT2D eigenvalue weighted by Crippen LogP contribution is -2.44. The van der Waals surface area contributed by atoms with Crippen LogP contribution in [0.3, 0.4) is 0 Å². The highest BCUT2D eigenvalue weighted by atomic mass is 35.5. The number of aliphatic hydroxyl groups is 1. The predicted octanol–water partition coefficient (Wildman–Crippen LogP) is 4.21. The Morgan fingerprint density at radius 3 is 2.77 bits per heavy atom. The molecular formula is C21H17Cl2F2N3O2. The van der Waals surface area contributed by atoms with Gasteiger partial charge in [0.25, 0.3) is 0 Å². The number of hydrogen-bond donors (Lipinski definition) is 1. The molecule has 9 heteroatoms. The van der Waals surface area contributed by atoms with Crippen molar-refractivity contribution in [2.45, 2.75) is 25.2 Å². The second-order valence-corrected chi connectivity index (χ2v) is 7.28. The number of hydrogen-bond acceptors (Lipinski definition) is 4. The lowest BCUT2D eigenvalue weighted by atomic mass is 9.88. The highest BCUT2D eigenvalue weighted by molar-refractivity contribution is 6.42. The zero-order valence-corrected chi connectivity index (χ0v) is 17.3. The van der Waals surface area contributed by atoms with Gasteiger partial charge in [0.05, 0.1) is 22.7 Å². The summed E-state index contributed by atoms with van der Waals surface area (Å²) in [4.78, 5) is 3.82. The molecule has 3 rings (SSSR count). The Hall–Kier alpha value is -2.50. The lowest BCUT2D eigenvalue weighted by Gasteiger charge is -2.34. The van der Waals surface area contributed by atoms with Crippen LogP contribution in [0.1, 0.15) is 18.1 Å². The van der Waals surface area contributed by atoms with E-state index in [1.54, 1.807) is 25.1 Å². The van der Waals surface area contributed by atoms with Crippen molar-refractivity contribution in [1.82, 2.24) is 14.8 Å². The highest BCUT2D eigenvalue weighted by Gasteiger charge is 2.40. The van der Waals surface area contributed by atoms with Gasteiger partial charge in [0.15, 0.2) is 0 Å². The van der Waals surface area contributed by atoms with Crippen molar-refractivity contribution in [3.05, 3.63) is 81.9 Å². The molecule has 0 spiro atoms. The van der Waals surface area contributed by atoms with E-state index in [1.165, 1.54) is 23.4 Å². The summed E-state index contributed by atoms with van der Waals surface area (Å²) < 4.78 is 34.8. The number of ether oxygens (including phenoxy) is 1. The fourth-order valence-corrected chi connectivity index (χ4v) is 3.22. The van der Waals surface area contributed by atoms with Crippen molar-refractivity contribution in [2.24, 2.45) is 0 Å². The Morgan fingerprint density at radius 1 is 1.27 bits per heavy atom. The van der Waals surface area contributed by atoms with Crippen LogP contribution in [0, 0.1) is 23.5 Å². The monoisotopic (exact) mass is 451 g/mol. The van der Waals surface area contributed by atoms with Gasteiger partial charge in [-0.3, -0.25) is 0 Å². The standard InChI is InChI=1S/C21H17Cl2F2N3O2/c1-14(30-9-3-5-15-4-2-6-18(22)20(15)23)21(29,11-28-13-26-12-27-28)17-8-7-16(24)10-19(17)25/h2,4,6-8,10,12-14,29H,9,11H2,1H3/t14-,21-/m1/s1. The molecule has 0 unspecified atom stereocenters. The van der Waals surface area contributed by atoms with Gasteiger partial charge >= 0.3 is 0 Å². The summed E-state index contributed by atoms with van der Waals surface area (Å²) in [6.45, 7) is 1.32. The molecule has 0 saturated carbocycles. The van der Waals surface area contributed by atoms with Crippen molar-refractivity contribution in [3.8, 4) is 11.8 Å². The zero-order chi connectivity index (χ0) is 21.7. The highest BCUT2D eigenvalue weighted by Crippen LogP contribution is 2.31. The van der Waals surface area contributed by atoms with Gasteiger partial charge in [-0.15, -0.1) is 0 Å². The molecule has 1 heterocycles. The molecule has 0 amide bonds. The van der Waals surface area contributed by atoms with Crippen LogP contribution in [0.2, 0.25) is 10.0 Å². The molecular weight excluding hydrogens is 435 g/mol. The van der Waals surface area contributed by atoms with Gasteiger partial charge in [-0.1, -0.05) is 47.2 Å². The van der Waals surface area contributed by atoms with Crippen LogP contribution in [0.25, 0.3) is 0 Å². The molecule has 3 aromatic rings. The molecule has 0 aliphatic rings. The number of benzene rings is 2. The molecule has 2 aromatic carbocycles. The fraction of sp³-hybridized carbons (Fsp3) is 0.238. The number of nitrogens with zero attached hydrogens (tertiary/aromatic N) is 3. The Balaban J connectivity index is 1.81. The molecule has 1 N–H and O–H groups in total. The predicted molar refractivity (Wildman–Crippen MR) is 109 cm³/mol. The van der Waals surface area contributed by atoms with E-state index in [9.17, 15) is 13.9 Å². The number of aromatic nitrogens is 3. The van der Waals surface area contributed by atoms with Crippen LogP contribution in [-0.2, 0) is 16.9 Å². The van der Waals surface area contributed by atoms with Gasteiger partial charge in [-0.25, -0.2) is 18.4 Å². The summed E-state index contributed by atoms with van der Waals surface area (Å²) in [7, 11) is 0. The molecule has 1 aromatic heterocycles. The molecule has 0 radical (unpaired) electrons. The van der Waals surface area contributed by atoms with Crippen LogP contribution in [-0.4, -0.2) is 32.6 Å². The molecule has 2 atom stereocenters. The summed E-state index contributed by atoms with van der Waals surface area (Å²) in [6, 6.07) is 8.02. The maximum absolute atomic E-state index is 14.5. The van der Waals surface area contributed by atoms with Gasteiger partial charge in [0.2, 0.25) is 0 Å². The third-order valence-electron chi connectivity index (χ3n) is 4.52. The smallest absolute Gasteiger partial charge is 0.138 e. The first-order valence-corrected chi connectivity index (χ1v) is 9.61. The van der Waals surface area contributed by atoms with Gasteiger partial charge in [0.1, 0.15) is 36.5 Å². The average Bonchev–Trinajstić information content (AvgIpc) is 3.20. The first kappa shape index (κ1) is 22.2. The topological polar surface area (TPSA) is 60.2 Å². The molecule has 0 aliphatic carbocycles. The Labute approximate surface area is 182 Å². The van der Waals surface area contributed by atoms with Crippen molar-refractivity contribution < 1.29 is 18.6 Å². The lowest BCUT2D eigenvalue weighted by molar-refractivity contribution is -0.111. The quantitative estimate of drug-likeness (QED) is 0.570. The average molecular weight is 452 g/mol. The third-order valence-corrected chi connectivity index (χ3v) is 5.34. The molecule has 0 saturated heterocycles. The molecule has 0 aliphatic heterocycles. The van der Waals surface area contributed by atoms with Crippen LogP contribution < -0.4 is 0 Å². The van der Waals surface area contributed by atoms with Crippen LogP contribution in [0.15, 0.2) is 49.1 Å². The Morgan fingerprint density at radius 2 is 2.07 bits per heavy atom. The largest absolute Gasteiger partial charge is 0.380 e. The summed E-state index contributed by atoms with van der Waals surface area (Å²) in [5.74, 6) is 3.98. The minimum absolute atomic E-state index is 0.0769. The molecule has 156 valence electrons. The van der Waals surface area contributed by atoms with E-state index in [0.29, 0.717) is 21.7 Å². The Bertz CT molecular complexity index is 1080. The van der Waals surface area contributed by atoms with Crippen molar-refractivity contribution in [3.63, 3.8) is 0 Å². The zero-order valence-electron chi connectivity index (χ0n) is 15.8. The van der Waals surface area contributed by atoms with E-state index >= 15 is 0 Å². The summed E-state index contributed by atoms with van der Waals surface area (Å²) in [5.41, 5.74) is -1.46. The first-order chi connectivity index (χ1) is 14.3. The van der Waals surface area contributed by atoms with E-state index in [0.717, 1.165) is 6.07 Å². The molecule has 0 bridgehead atoms. The maximum atomic E-state index is 14.5. The van der Waals surface area contributed by atoms with E-state index < -0.39 is 23.3 Å². The summed E-state index contributed by atoms with van der Waals surface area (Å²) >= 11 is 12.1. The van der Waals surface area contributed by atoms with Gasteiger partial charge in [-0.2, -0.15) is 5.10 Å². The second kappa shape index (κ2) is 9.54.